The van der Waals surface area contributed by atoms with Gasteiger partial charge in [-0.25, -0.2) is 4.79 Å². The highest BCUT2D eigenvalue weighted by atomic mass is 19.4. The predicted molar refractivity (Wildman–Crippen MR) is 74.0 cm³/mol. The van der Waals surface area contributed by atoms with Crippen LogP contribution in [-0.2, 0) is 11.0 Å². The second kappa shape index (κ2) is 6.34. The van der Waals surface area contributed by atoms with Gasteiger partial charge in [-0.15, -0.1) is 0 Å². The van der Waals surface area contributed by atoms with Crippen LogP contribution >= 0.6 is 0 Å². The van der Waals surface area contributed by atoms with E-state index in [1.807, 2.05) is 0 Å². The SMILES string of the molecule is O=C(O)/C=C/C=C(\c1cccc(C(F)(F)F)c1)c1ccco1. The zero-order chi connectivity index (χ0) is 16.2. The number of benzene rings is 1. The van der Waals surface area contributed by atoms with Crippen molar-refractivity contribution in [2.45, 2.75) is 6.18 Å². The molecular formula is C16H11F3O3. The predicted octanol–water partition coefficient (Wildman–Crippen LogP) is 4.37. The van der Waals surface area contributed by atoms with Gasteiger partial charge < -0.3 is 9.52 Å². The number of rotatable bonds is 4. The van der Waals surface area contributed by atoms with Crippen LogP contribution in [-0.4, -0.2) is 11.1 Å². The van der Waals surface area contributed by atoms with E-state index in [1.165, 1.54) is 30.5 Å². The van der Waals surface area contributed by atoms with E-state index in [-0.39, 0.29) is 5.56 Å². The fourth-order valence-corrected chi connectivity index (χ4v) is 1.84. The lowest BCUT2D eigenvalue weighted by atomic mass is 10.0. The Hall–Kier alpha value is -2.76. The number of aliphatic carboxylic acids is 1. The zero-order valence-electron chi connectivity index (χ0n) is 11.2. The summed E-state index contributed by atoms with van der Waals surface area (Å²) in [7, 11) is 0. The van der Waals surface area contributed by atoms with Crippen LogP contribution in [0.4, 0.5) is 13.2 Å². The monoisotopic (exact) mass is 308 g/mol. The number of alkyl halides is 3. The lowest BCUT2D eigenvalue weighted by molar-refractivity contribution is -0.137. The molecule has 0 atom stereocenters. The Bertz CT molecular complexity index is 710. The summed E-state index contributed by atoms with van der Waals surface area (Å²) in [6.45, 7) is 0. The van der Waals surface area contributed by atoms with Gasteiger partial charge in [0.25, 0.3) is 0 Å². The summed E-state index contributed by atoms with van der Waals surface area (Å²) in [5.41, 5.74) is -0.155. The number of hydrogen-bond donors (Lipinski definition) is 1. The normalized spacial score (nSPS) is 12.8. The van der Waals surface area contributed by atoms with E-state index in [9.17, 15) is 18.0 Å². The molecule has 0 unspecified atom stereocenters. The standard InChI is InChI=1S/C16H11F3O3/c17-16(18,19)12-5-1-4-11(10-12)13(6-2-8-15(20)21)14-7-3-9-22-14/h1-10H,(H,20,21)/b8-2+,13-6+. The Morgan fingerprint density at radius 1 is 1.18 bits per heavy atom. The van der Waals surface area contributed by atoms with Crippen LogP contribution in [0.3, 0.4) is 0 Å². The Morgan fingerprint density at radius 2 is 1.95 bits per heavy atom. The van der Waals surface area contributed by atoms with Crippen molar-refractivity contribution in [2.75, 3.05) is 0 Å². The van der Waals surface area contributed by atoms with Crippen molar-refractivity contribution in [2.24, 2.45) is 0 Å². The molecule has 0 radical (unpaired) electrons. The highest BCUT2D eigenvalue weighted by Gasteiger charge is 2.30. The fourth-order valence-electron chi connectivity index (χ4n) is 1.84. The van der Waals surface area contributed by atoms with Gasteiger partial charge in [0.15, 0.2) is 0 Å². The minimum Gasteiger partial charge on any atom is -0.478 e. The third-order valence-electron chi connectivity index (χ3n) is 2.79. The first-order valence-corrected chi connectivity index (χ1v) is 6.21. The summed E-state index contributed by atoms with van der Waals surface area (Å²) >= 11 is 0. The average Bonchev–Trinajstić information content (AvgIpc) is 2.96. The maximum Gasteiger partial charge on any atom is 0.416 e. The van der Waals surface area contributed by atoms with Crippen molar-refractivity contribution < 1.29 is 27.5 Å². The van der Waals surface area contributed by atoms with Gasteiger partial charge in [-0.1, -0.05) is 24.3 Å². The zero-order valence-corrected chi connectivity index (χ0v) is 11.2. The molecule has 2 rings (SSSR count). The van der Waals surface area contributed by atoms with E-state index in [4.69, 9.17) is 9.52 Å². The molecule has 0 fully saturated rings. The van der Waals surface area contributed by atoms with Crippen molar-refractivity contribution in [3.05, 3.63) is 77.8 Å². The van der Waals surface area contributed by atoms with Crippen LogP contribution in [0.2, 0.25) is 0 Å². The quantitative estimate of drug-likeness (QED) is 0.674. The van der Waals surface area contributed by atoms with Crippen molar-refractivity contribution >= 4 is 11.5 Å². The fraction of sp³-hybridized carbons (Fsp3) is 0.0625. The van der Waals surface area contributed by atoms with Crippen molar-refractivity contribution in [1.82, 2.24) is 0 Å². The molecule has 0 bridgehead atoms. The maximum absolute atomic E-state index is 12.8. The minimum atomic E-state index is -4.46. The molecular weight excluding hydrogens is 297 g/mol. The molecule has 6 heteroatoms. The Kier molecular flexibility index (Phi) is 4.50. The summed E-state index contributed by atoms with van der Waals surface area (Å²) < 4.78 is 43.6. The molecule has 1 aromatic carbocycles. The Balaban J connectivity index is 2.48. The van der Waals surface area contributed by atoms with Gasteiger partial charge in [0.1, 0.15) is 5.76 Å². The molecule has 0 amide bonds. The number of carboxylic acid groups (broad SMARTS) is 1. The van der Waals surface area contributed by atoms with Gasteiger partial charge in [-0.3, -0.25) is 0 Å². The first-order valence-electron chi connectivity index (χ1n) is 6.21. The van der Waals surface area contributed by atoms with Crippen molar-refractivity contribution in [1.29, 1.82) is 0 Å². The molecule has 1 heterocycles. The number of carbonyl (C=O) groups is 1. The van der Waals surface area contributed by atoms with E-state index in [0.29, 0.717) is 11.3 Å². The Morgan fingerprint density at radius 3 is 2.55 bits per heavy atom. The van der Waals surface area contributed by atoms with E-state index >= 15 is 0 Å². The molecule has 1 aromatic heterocycles. The number of carboxylic acids is 1. The first-order chi connectivity index (χ1) is 10.4. The number of hydrogen-bond acceptors (Lipinski definition) is 2. The molecule has 3 nitrogen and oxygen atoms in total. The Labute approximate surface area is 124 Å². The van der Waals surface area contributed by atoms with Gasteiger partial charge in [0.2, 0.25) is 0 Å². The maximum atomic E-state index is 12.8. The van der Waals surface area contributed by atoms with E-state index < -0.39 is 17.7 Å². The van der Waals surface area contributed by atoms with Crippen molar-refractivity contribution in [3.8, 4) is 0 Å². The third-order valence-corrected chi connectivity index (χ3v) is 2.79. The van der Waals surface area contributed by atoms with Crippen LogP contribution in [0.5, 0.6) is 0 Å². The molecule has 22 heavy (non-hydrogen) atoms. The second-order valence-electron chi connectivity index (χ2n) is 4.33. The molecule has 0 aliphatic carbocycles. The van der Waals surface area contributed by atoms with Gasteiger partial charge in [-0.2, -0.15) is 13.2 Å². The summed E-state index contributed by atoms with van der Waals surface area (Å²) in [6.07, 6.45) is 0.443. The molecule has 114 valence electrons. The van der Waals surface area contributed by atoms with Crippen LogP contribution in [0.1, 0.15) is 16.9 Å². The highest BCUT2D eigenvalue weighted by Crippen LogP contribution is 2.32. The number of allylic oxidation sites excluding steroid dienone is 2. The molecule has 0 spiro atoms. The van der Waals surface area contributed by atoms with E-state index in [2.05, 4.69) is 0 Å². The molecule has 0 saturated carbocycles. The lowest BCUT2D eigenvalue weighted by Crippen LogP contribution is -2.05. The third kappa shape index (κ3) is 3.88. The molecule has 0 saturated heterocycles. The van der Waals surface area contributed by atoms with E-state index in [0.717, 1.165) is 18.2 Å². The second-order valence-corrected chi connectivity index (χ2v) is 4.33. The minimum absolute atomic E-state index is 0.278. The lowest BCUT2D eigenvalue weighted by Gasteiger charge is -2.10. The topological polar surface area (TPSA) is 50.4 Å². The summed E-state index contributed by atoms with van der Waals surface area (Å²) in [5, 5.41) is 8.59. The summed E-state index contributed by atoms with van der Waals surface area (Å²) in [6, 6.07) is 7.92. The van der Waals surface area contributed by atoms with Crippen LogP contribution < -0.4 is 0 Å². The molecule has 0 aliphatic rings. The van der Waals surface area contributed by atoms with Gasteiger partial charge in [-0.05, 0) is 29.8 Å². The molecule has 1 N–H and O–H groups in total. The van der Waals surface area contributed by atoms with Crippen LogP contribution in [0.25, 0.3) is 5.57 Å². The van der Waals surface area contributed by atoms with Crippen LogP contribution in [0, 0.1) is 0 Å². The van der Waals surface area contributed by atoms with Crippen molar-refractivity contribution in [3.63, 3.8) is 0 Å². The molecule has 0 aliphatic heterocycles. The summed E-state index contributed by atoms with van der Waals surface area (Å²) in [4.78, 5) is 10.5. The van der Waals surface area contributed by atoms with E-state index in [1.54, 1.807) is 12.1 Å². The highest BCUT2D eigenvalue weighted by molar-refractivity contribution is 5.83. The smallest absolute Gasteiger partial charge is 0.416 e. The number of halogens is 3. The van der Waals surface area contributed by atoms with Crippen LogP contribution in [0.15, 0.2) is 65.3 Å². The first kappa shape index (κ1) is 15.6. The molecule has 2 aromatic rings. The van der Waals surface area contributed by atoms with Gasteiger partial charge in [0.05, 0.1) is 11.8 Å². The summed E-state index contributed by atoms with van der Waals surface area (Å²) in [5.74, 6) is -0.812. The largest absolute Gasteiger partial charge is 0.478 e. The average molecular weight is 308 g/mol. The van der Waals surface area contributed by atoms with Gasteiger partial charge >= 0.3 is 12.1 Å². The number of furan rings is 1. The van der Waals surface area contributed by atoms with Gasteiger partial charge in [0, 0.05) is 11.6 Å².